The van der Waals surface area contributed by atoms with Crippen LogP contribution in [-0.4, -0.2) is 24.2 Å². The zero-order valence-corrected chi connectivity index (χ0v) is 14.5. The number of nitrogens with zero attached hydrogens (tertiary/aromatic N) is 1. The molecule has 0 bridgehead atoms. The molecule has 124 valence electrons. The van der Waals surface area contributed by atoms with Gasteiger partial charge in [-0.2, -0.15) is 5.26 Å². The van der Waals surface area contributed by atoms with Crippen LogP contribution in [0.5, 0.6) is 0 Å². The van der Waals surface area contributed by atoms with Gasteiger partial charge >= 0.3 is 5.97 Å². The standard InChI is InChI=1S/C17H16N2O3S2/c18-8-7-13-3-5-14(6-4-13)19-16(20)10-22-17(21)12-23-11-15-2-1-9-24-15/h1-6,9H,7,10-12H2,(H,19,20). The van der Waals surface area contributed by atoms with Gasteiger partial charge in [-0.25, -0.2) is 0 Å². The number of rotatable bonds is 8. The monoisotopic (exact) mass is 360 g/mol. The Hall–Kier alpha value is -2.30. The number of hydrogen-bond acceptors (Lipinski definition) is 6. The Kier molecular flexibility index (Phi) is 7.33. The third-order valence-electron chi connectivity index (χ3n) is 2.93. The lowest BCUT2D eigenvalue weighted by atomic mass is 10.1. The molecule has 2 aromatic rings. The van der Waals surface area contributed by atoms with Crippen LogP contribution < -0.4 is 5.32 Å². The van der Waals surface area contributed by atoms with Gasteiger partial charge in [0, 0.05) is 16.3 Å². The average Bonchev–Trinajstić information content (AvgIpc) is 3.08. The molecule has 1 N–H and O–H groups in total. The van der Waals surface area contributed by atoms with Crippen LogP contribution in [0.3, 0.4) is 0 Å². The van der Waals surface area contributed by atoms with E-state index in [1.807, 2.05) is 17.5 Å². The molecule has 0 aliphatic carbocycles. The Balaban J connectivity index is 1.65. The zero-order chi connectivity index (χ0) is 17.2. The highest BCUT2D eigenvalue weighted by Crippen LogP contribution is 2.17. The molecule has 1 aromatic carbocycles. The van der Waals surface area contributed by atoms with E-state index in [1.54, 1.807) is 35.6 Å². The normalized spacial score (nSPS) is 9.96. The number of thioether (sulfide) groups is 1. The van der Waals surface area contributed by atoms with Crippen LogP contribution in [-0.2, 0) is 26.5 Å². The first-order chi connectivity index (χ1) is 11.7. The number of nitriles is 1. The highest BCUT2D eigenvalue weighted by Gasteiger charge is 2.08. The molecule has 0 saturated heterocycles. The lowest BCUT2D eigenvalue weighted by molar-refractivity contribution is -0.144. The molecule has 0 spiro atoms. The molecule has 0 unspecified atom stereocenters. The van der Waals surface area contributed by atoms with Crippen LogP contribution in [0.25, 0.3) is 0 Å². The van der Waals surface area contributed by atoms with Crippen molar-refractivity contribution in [2.24, 2.45) is 0 Å². The van der Waals surface area contributed by atoms with Crippen molar-refractivity contribution in [3.05, 3.63) is 52.2 Å². The lowest BCUT2D eigenvalue weighted by Gasteiger charge is -2.07. The van der Waals surface area contributed by atoms with Gasteiger partial charge in [0.25, 0.3) is 5.91 Å². The van der Waals surface area contributed by atoms with E-state index in [1.165, 1.54) is 16.6 Å². The molecule has 0 fully saturated rings. The van der Waals surface area contributed by atoms with Crippen LogP contribution in [0.1, 0.15) is 10.4 Å². The molecule has 1 heterocycles. The van der Waals surface area contributed by atoms with Crippen molar-refractivity contribution >= 4 is 40.7 Å². The number of nitrogens with one attached hydrogen (secondary N) is 1. The van der Waals surface area contributed by atoms with Gasteiger partial charge < -0.3 is 10.1 Å². The van der Waals surface area contributed by atoms with Crippen molar-refractivity contribution < 1.29 is 14.3 Å². The SMILES string of the molecule is N#CCc1ccc(NC(=O)COC(=O)CSCc2cccs2)cc1. The van der Waals surface area contributed by atoms with E-state index in [2.05, 4.69) is 11.4 Å². The van der Waals surface area contributed by atoms with Crippen LogP contribution in [0, 0.1) is 11.3 Å². The molecule has 0 saturated carbocycles. The summed E-state index contributed by atoms with van der Waals surface area (Å²) in [4.78, 5) is 24.5. The number of carbonyl (C=O) groups is 2. The topological polar surface area (TPSA) is 79.2 Å². The Morgan fingerprint density at radius 3 is 2.71 bits per heavy atom. The molecule has 7 heteroatoms. The number of benzene rings is 1. The summed E-state index contributed by atoms with van der Waals surface area (Å²) < 4.78 is 4.95. The summed E-state index contributed by atoms with van der Waals surface area (Å²) >= 11 is 3.10. The number of thiophene rings is 1. The summed E-state index contributed by atoms with van der Waals surface area (Å²) in [7, 11) is 0. The lowest BCUT2D eigenvalue weighted by Crippen LogP contribution is -2.21. The molecule has 1 amide bonds. The fourth-order valence-corrected chi connectivity index (χ4v) is 3.47. The average molecular weight is 360 g/mol. The van der Waals surface area contributed by atoms with E-state index in [9.17, 15) is 9.59 Å². The molecule has 1 aromatic heterocycles. The third kappa shape index (κ3) is 6.44. The molecule has 0 aliphatic rings. The molecular weight excluding hydrogens is 344 g/mol. The fourth-order valence-electron chi connectivity index (χ4n) is 1.81. The minimum absolute atomic E-state index is 0.216. The van der Waals surface area contributed by atoms with Gasteiger partial charge in [0.1, 0.15) is 0 Å². The fraction of sp³-hybridized carbons (Fsp3) is 0.235. The predicted molar refractivity (Wildman–Crippen MR) is 95.8 cm³/mol. The van der Waals surface area contributed by atoms with Gasteiger partial charge in [0.05, 0.1) is 18.2 Å². The highest BCUT2D eigenvalue weighted by atomic mass is 32.2. The summed E-state index contributed by atoms with van der Waals surface area (Å²) in [6.45, 7) is -0.307. The van der Waals surface area contributed by atoms with Crippen molar-refractivity contribution in [1.82, 2.24) is 0 Å². The number of esters is 1. The minimum Gasteiger partial charge on any atom is -0.455 e. The summed E-state index contributed by atoms with van der Waals surface area (Å²) in [5.41, 5.74) is 1.48. The molecule has 2 rings (SSSR count). The van der Waals surface area contributed by atoms with Gasteiger partial charge in [0.15, 0.2) is 6.61 Å². The van der Waals surface area contributed by atoms with Crippen LogP contribution in [0.4, 0.5) is 5.69 Å². The second-order valence-corrected chi connectivity index (χ2v) is 6.83. The zero-order valence-electron chi connectivity index (χ0n) is 12.9. The maximum atomic E-state index is 11.7. The Morgan fingerprint density at radius 1 is 1.25 bits per heavy atom. The van der Waals surface area contributed by atoms with E-state index >= 15 is 0 Å². The highest BCUT2D eigenvalue weighted by molar-refractivity contribution is 7.99. The first kappa shape index (κ1) is 18.0. The van der Waals surface area contributed by atoms with Gasteiger partial charge in [-0.3, -0.25) is 9.59 Å². The van der Waals surface area contributed by atoms with Gasteiger partial charge in [0.2, 0.25) is 0 Å². The van der Waals surface area contributed by atoms with Crippen LogP contribution >= 0.6 is 23.1 Å². The largest absolute Gasteiger partial charge is 0.455 e. The van der Waals surface area contributed by atoms with Crippen molar-refractivity contribution in [1.29, 1.82) is 5.26 Å². The molecule has 5 nitrogen and oxygen atoms in total. The maximum absolute atomic E-state index is 11.7. The second-order valence-electron chi connectivity index (χ2n) is 4.81. The van der Waals surface area contributed by atoms with E-state index in [0.29, 0.717) is 12.1 Å². The summed E-state index contributed by atoms with van der Waals surface area (Å²) in [6, 6.07) is 13.0. The number of ether oxygens (including phenoxy) is 1. The second kappa shape index (κ2) is 9.75. The molecule has 0 aliphatic heterocycles. The van der Waals surface area contributed by atoms with Crippen molar-refractivity contribution in [3.63, 3.8) is 0 Å². The Labute approximate surface area is 148 Å². The van der Waals surface area contributed by atoms with Crippen molar-refractivity contribution in [3.8, 4) is 6.07 Å². The summed E-state index contributed by atoms with van der Waals surface area (Å²) in [5, 5.41) is 13.2. The Morgan fingerprint density at radius 2 is 2.04 bits per heavy atom. The molecule has 0 atom stereocenters. The molecule has 24 heavy (non-hydrogen) atoms. The smallest absolute Gasteiger partial charge is 0.316 e. The number of carbonyl (C=O) groups excluding carboxylic acids is 2. The van der Waals surface area contributed by atoms with Gasteiger partial charge in [-0.1, -0.05) is 18.2 Å². The van der Waals surface area contributed by atoms with Crippen molar-refractivity contribution in [2.45, 2.75) is 12.2 Å². The predicted octanol–water partition coefficient (Wildman–Crippen LogP) is 3.23. The maximum Gasteiger partial charge on any atom is 0.316 e. The van der Waals surface area contributed by atoms with Gasteiger partial charge in [-0.05, 0) is 29.1 Å². The van der Waals surface area contributed by atoms with E-state index in [0.717, 1.165) is 11.3 Å². The quantitative estimate of drug-likeness (QED) is 0.731. The first-order valence-corrected chi connectivity index (χ1v) is 9.22. The minimum atomic E-state index is -0.406. The summed E-state index contributed by atoms with van der Waals surface area (Å²) in [6.07, 6.45) is 0.328. The number of amides is 1. The first-order valence-electron chi connectivity index (χ1n) is 7.19. The van der Waals surface area contributed by atoms with E-state index in [-0.39, 0.29) is 18.3 Å². The van der Waals surface area contributed by atoms with Crippen LogP contribution in [0.2, 0.25) is 0 Å². The summed E-state index contributed by atoms with van der Waals surface area (Å²) in [5.74, 6) is 0.179. The van der Waals surface area contributed by atoms with Crippen LogP contribution in [0.15, 0.2) is 41.8 Å². The van der Waals surface area contributed by atoms with E-state index < -0.39 is 5.97 Å². The third-order valence-corrected chi connectivity index (χ3v) is 4.94. The van der Waals surface area contributed by atoms with E-state index in [4.69, 9.17) is 10.00 Å². The van der Waals surface area contributed by atoms with Gasteiger partial charge in [-0.15, -0.1) is 23.1 Å². The van der Waals surface area contributed by atoms with Crippen molar-refractivity contribution in [2.75, 3.05) is 17.7 Å². The number of hydrogen-bond donors (Lipinski definition) is 1. The molecule has 0 radical (unpaired) electrons. The molecular formula is C17H16N2O3S2. The Bertz CT molecular complexity index is 706. The number of anilines is 1.